The lowest BCUT2D eigenvalue weighted by Crippen LogP contribution is -2.43. The SMILES string of the molecule is CCC[P+](C)(C)CC.CCC[P+](C)(C)CC.CCC[P+](C)(C)CC.CCC[P+](C)(C)CC.CCC[P+](C)(C)CC.CCC[P+](C)(C)CC.CCC[P+](C)(C)CC.CCC[P+](C)(C)CC.N#CB([O-])[O-].N#CB([O-])[O-].N#CB([O-])[O-].N#CB([O-])[O-]. The predicted molar refractivity (Wildman–Crippen MR) is 401 cm³/mol. The molecule has 0 N–H and O–H groups in total. The summed E-state index contributed by atoms with van der Waals surface area (Å²) >= 11 is 0. The molecule has 0 aromatic rings. The summed E-state index contributed by atoms with van der Waals surface area (Å²) in [6.45, 7) is 75.7. The zero-order valence-electron chi connectivity index (χ0n) is 61.9. The molecule has 0 aliphatic carbocycles. The van der Waals surface area contributed by atoms with Crippen molar-refractivity contribution < 1.29 is 40.2 Å². The summed E-state index contributed by atoms with van der Waals surface area (Å²) < 4.78 is 0. The van der Waals surface area contributed by atoms with Gasteiger partial charge < -0.3 is 40.2 Å². The predicted octanol–water partition coefficient (Wildman–Crippen LogP) is 10.6. The molecule has 24 heteroatoms. The fraction of sp³-hybridized carbons (Fsp3) is 0.933. The van der Waals surface area contributed by atoms with Gasteiger partial charge in [0.05, 0.1) is 98.6 Å². The van der Waals surface area contributed by atoms with Crippen LogP contribution < -0.4 is 40.2 Å². The normalized spacial score (nSPS) is 10.5. The summed E-state index contributed by atoms with van der Waals surface area (Å²) in [6, 6.07) is 0. The first-order valence-corrected chi connectivity index (χ1v) is 55.9. The lowest BCUT2D eigenvalue weighted by molar-refractivity contribution is -0.342. The van der Waals surface area contributed by atoms with E-state index in [-0.39, 0.29) is 0 Å². The second-order valence-electron chi connectivity index (χ2n) is 25.6. The lowest BCUT2D eigenvalue weighted by atomic mass is 9.97. The summed E-state index contributed by atoms with van der Waals surface area (Å²) in [4.78, 5) is 0. The molecule has 84 heavy (non-hydrogen) atoms. The van der Waals surface area contributed by atoms with Crippen LogP contribution in [0.4, 0.5) is 0 Å². The van der Waals surface area contributed by atoms with Crippen molar-refractivity contribution in [3.63, 3.8) is 0 Å². The second kappa shape index (κ2) is 73.4. The summed E-state index contributed by atoms with van der Waals surface area (Å²) in [5.41, 5.74) is 0. The Kier molecular flexibility index (Phi) is 98.6. The van der Waals surface area contributed by atoms with Crippen LogP contribution in [0.25, 0.3) is 0 Å². The Bertz CT molecular complexity index is 1210. The van der Waals surface area contributed by atoms with Gasteiger partial charge in [-0.15, -0.1) is 0 Å². The average Bonchev–Trinajstić information content (AvgIpc) is 3.40. The first-order chi connectivity index (χ1) is 38.1. The Balaban J connectivity index is -0.0000000676. The lowest BCUT2D eigenvalue weighted by Gasteiger charge is -2.13. The topological polar surface area (TPSA) is 280 Å². The van der Waals surface area contributed by atoms with Crippen LogP contribution >= 0.6 is 58.1 Å². The molecule has 0 aliphatic rings. The minimum atomic E-state index is -2.31. The standard InChI is InChI=1S/8C7H18P.4CBNO2/c8*1-5-7-8(3,4)6-2;4*3-1-2(4)5/h8*5-7H2,1-4H3;;;;/q8*+1;4*-2. The van der Waals surface area contributed by atoms with Gasteiger partial charge in [-0.1, -0.05) is 55.4 Å². The third-order valence-corrected chi connectivity index (χ3v) is 40.9. The van der Waals surface area contributed by atoms with E-state index in [1.165, 1.54) is 150 Å². The van der Waals surface area contributed by atoms with Crippen LogP contribution in [0, 0.1) is 44.9 Å². The monoisotopic (exact) mass is 1340 g/mol. The van der Waals surface area contributed by atoms with Crippen LogP contribution in [-0.2, 0) is 0 Å². The van der Waals surface area contributed by atoms with Gasteiger partial charge in [0, 0.05) is 193 Å². The molecule has 12 nitrogen and oxygen atoms in total. The molecular weight excluding hydrogens is 1200 g/mol. The van der Waals surface area contributed by atoms with Gasteiger partial charge in [0.25, 0.3) is 0 Å². The van der Waals surface area contributed by atoms with Gasteiger partial charge in [-0.3, -0.25) is 0 Å². The first-order valence-electron chi connectivity index (χ1n) is 31.5. The van der Waals surface area contributed by atoms with Gasteiger partial charge in [0.15, 0.2) is 0 Å². The number of hydrogen-bond acceptors (Lipinski definition) is 12. The smallest absolute Gasteiger partial charge is 0.0586 e. The number of nitriles is 4. The summed E-state index contributed by atoms with van der Waals surface area (Å²) in [7, 11) is -12.6. The highest BCUT2D eigenvalue weighted by atomic mass is 31.2. The van der Waals surface area contributed by atoms with Crippen LogP contribution in [0.15, 0.2) is 0 Å². The number of nitrogens with zero attached hydrogens (tertiary/aromatic N) is 4. The third kappa shape index (κ3) is 132. The van der Waals surface area contributed by atoms with E-state index >= 15 is 0 Å². The first kappa shape index (κ1) is 113. The average molecular weight is 1340 g/mol. The van der Waals surface area contributed by atoms with E-state index in [2.05, 4.69) is 217 Å². The van der Waals surface area contributed by atoms with Crippen molar-refractivity contribution in [2.45, 2.75) is 162 Å². The number of hydrogen-bond donors (Lipinski definition) is 0. The van der Waals surface area contributed by atoms with Crippen molar-refractivity contribution in [3.05, 3.63) is 0 Å². The van der Waals surface area contributed by atoms with Crippen molar-refractivity contribution >= 4 is 86.6 Å². The minimum Gasteiger partial charge on any atom is -0.881 e. The van der Waals surface area contributed by atoms with Gasteiger partial charge >= 0.3 is 0 Å². The molecule has 504 valence electrons. The van der Waals surface area contributed by atoms with E-state index in [4.69, 9.17) is 61.2 Å². The molecule has 0 saturated carbocycles. The summed E-state index contributed by atoms with van der Waals surface area (Å²) in [6.07, 6.45) is 34.1. The Morgan fingerprint density at radius 2 is 0.262 bits per heavy atom. The van der Waals surface area contributed by atoms with E-state index in [1.54, 1.807) is 0 Å². The van der Waals surface area contributed by atoms with Crippen LogP contribution in [0.3, 0.4) is 0 Å². The highest BCUT2D eigenvalue weighted by molar-refractivity contribution is 7.76. The van der Waals surface area contributed by atoms with Gasteiger partial charge in [0.1, 0.15) is 0 Å². The van der Waals surface area contributed by atoms with Crippen molar-refractivity contribution in [2.24, 2.45) is 0 Å². The van der Waals surface area contributed by atoms with E-state index in [0.29, 0.717) is 0 Å². The molecule has 0 amide bonds. The number of rotatable bonds is 24. The van der Waals surface area contributed by atoms with Gasteiger partial charge in [-0.05, 0) is 131 Å². The van der Waals surface area contributed by atoms with E-state index < -0.39 is 86.6 Å². The molecule has 0 spiro atoms. The van der Waals surface area contributed by atoms with Crippen molar-refractivity contribution in [2.75, 3.05) is 205 Å². The van der Waals surface area contributed by atoms with Gasteiger partial charge in [-0.25, -0.2) is 21.0 Å². The Morgan fingerprint density at radius 3 is 0.274 bits per heavy atom. The molecular formula is C60H144B4N4O8P8. The molecule has 0 bridgehead atoms. The zero-order chi connectivity index (χ0) is 70.1. The quantitative estimate of drug-likeness (QED) is 0.0644. The fourth-order valence-electron chi connectivity index (χ4n) is 6.11. The van der Waals surface area contributed by atoms with Crippen LogP contribution in [0.1, 0.15) is 162 Å². The Labute approximate surface area is 536 Å². The summed E-state index contributed by atoms with van der Waals surface area (Å²) in [5, 5.41) is 101. The van der Waals surface area contributed by atoms with Gasteiger partial charge in [-0.2, -0.15) is 0 Å². The fourth-order valence-corrected chi connectivity index (χ4v) is 18.3. The van der Waals surface area contributed by atoms with Crippen molar-refractivity contribution in [1.29, 1.82) is 21.0 Å². The molecule has 0 aromatic carbocycles. The van der Waals surface area contributed by atoms with Crippen LogP contribution in [-0.4, -0.2) is 234 Å². The van der Waals surface area contributed by atoms with Crippen molar-refractivity contribution in [1.82, 2.24) is 0 Å². The minimum absolute atomic E-state index is 0.423. The molecule has 0 rings (SSSR count). The molecule has 0 saturated heterocycles. The largest absolute Gasteiger partial charge is 0.881 e. The molecule has 0 aromatic heterocycles. The van der Waals surface area contributed by atoms with Crippen LogP contribution in [0.5, 0.6) is 0 Å². The highest BCUT2D eigenvalue weighted by Gasteiger charge is 2.23. The Hall–Kier alpha value is 1.34. The highest BCUT2D eigenvalue weighted by Crippen LogP contribution is 2.54. The molecule has 0 atom stereocenters. The second-order valence-corrected chi connectivity index (χ2v) is 65.3. The molecule has 0 fully saturated rings. The Morgan fingerprint density at radius 1 is 0.202 bits per heavy atom. The third-order valence-electron chi connectivity index (χ3n) is 13.9. The maximum Gasteiger partial charge on any atom is 0.0586 e. The maximum absolute atomic E-state index is 8.98. The summed E-state index contributed by atoms with van der Waals surface area (Å²) in [5.74, 6) is 3.67. The zero-order valence-corrected chi connectivity index (χ0v) is 69.1. The van der Waals surface area contributed by atoms with Gasteiger partial charge in [0.2, 0.25) is 0 Å². The van der Waals surface area contributed by atoms with E-state index in [9.17, 15) is 0 Å². The molecule has 0 unspecified atom stereocenters. The van der Waals surface area contributed by atoms with E-state index in [0.717, 1.165) is 23.9 Å². The van der Waals surface area contributed by atoms with Crippen LogP contribution in [0.2, 0.25) is 0 Å². The molecule has 0 radical (unpaired) electrons. The molecule has 0 aliphatic heterocycles. The molecule has 0 heterocycles. The van der Waals surface area contributed by atoms with E-state index in [1.807, 2.05) is 0 Å². The maximum atomic E-state index is 8.98. The van der Waals surface area contributed by atoms with Crippen molar-refractivity contribution in [3.8, 4) is 23.9 Å².